The lowest BCUT2D eigenvalue weighted by molar-refractivity contribution is 0.153. The van der Waals surface area contributed by atoms with Gasteiger partial charge in [-0.1, -0.05) is 31.9 Å². The Balaban J connectivity index is 1.61. The summed E-state index contributed by atoms with van der Waals surface area (Å²) in [6, 6.07) is 8.69. The first kappa shape index (κ1) is 17.3. The van der Waals surface area contributed by atoms with Gasteiger partial charge in [0.15, 0.2) is 0 Å². The van der Waals surface area contributed by atoms with Crippen LogP contribution >= 0.6 is 0 Å². The third-order valence-electron chi connectivity index (χ3n) is 4.48. The zero-order valence-corrected chi connectivity index (χ0v) is 14.4. The molecule has 0 N–H and O–H groups in total. The monoisotopic (exact) mass is 304 g/mol. The maximum Gasteiger partial charge on any atom is 0.119 e. The highest BCUT2D eigenvalue weighted by Gasteiger charge is 2.12. The highest BCUT2D eigenvalue weighted by molar-refractivity contribution is 5.27. The van der Waals surface area contributed by atoms with Gasteiger partial charge in [0.25, 0.3) is 0 Å². The van der Waals surface area contributed by atoms with Crippen molar-refractivity contribution in [3.63, 3.8) is 0 Å². The molecule has 1 fully saturated rings. The van der Waals surface area contributed by atoms with Crippen LogP contribution in [0.2, 0.25) is 0 Å². The molecule has 3 heteroatoms. The number of benzene rings is 1. The maximum absolute atomic E-state index is 5.76. The number of hydrogen-bond donors (Lipinski definition) is 0. The summed E-state index contributed by atoms with van der Waals surface area (Å²) >= 11 is 0. The molecule has 0 radical (unpaired) electrons. The quantitative estimate of drug-likeness (QED) is 0.650. The molecule has 1 aliphatic rings. The van der Waals surface area contributed by atoms with Crippen LogP contribution in [0, 0.1) is 0 Å². The molecule has 1 aliphatic heterocycles. The van der Waals surface area contributed by atoms with Crippen LogP contribution in [0.5, 0.6) is 5.75 Å². The van der Waals surface area contributed by atoms with Gasteiger partial charge >= 0.3 is 0 Å². The number of piperazine rings is 1. The van der Waals surface area contributed by atoms with Gasteiger partial charge in [-0.05, 0) is 50.6 Å². The zero-order chi connectivity index (χ0) is 15.6. The average Bonchev–Trinajstić information content (AvgIpc) is 2.55. The van der Waals surface area contributed by atoms with Gasteiger partial charge in [-0.25, -0.2) is 0 Å². The van der Waals surface area contributed by atoms with Crippen LogP contribution in [-0.4, -0.2) is 56.2 Å². The first-order chi connectivity index (χ1) is 10.8. The number of unbranched alkanes of at least 4 members (excludes halogenated alkanes) is 2. The number of aryl methyl sites for hydroxylation is 1. The highest BCUT2D eigenvalue weighted by atomic mass is 16.5. The van der Waals surface area contributed by atoms with Crippen LogP contribution in [0.3, 0.4) is 0 Å². The Labute approximate surface area is 136 Å². The predicted molar refractivity (Wildman–Crippen MR) is 93.7 cm³/mol. The summed E-state index contributed by atoms with van der Waals surface area (Å²) in [6.07, 6.45) is 6.08. The molecule has 1 aromatic rings. The first-order valence-corrected chi connectivity index (χ1v) is 8.90. The molecule has 0 bridgehead atoms. The normalized spacial score (nSPS) is 16.8. The van der Waals surface area contributed by atoms with Crippen molar-refractivity contribution in [2.45, 2.75) is 39.0 Å². The van der Waals surface area contributed by atoms with E-state index in [2.05, 4.69) is 48.0 Å². The SMILES string of the molecule is CCCCCOc1ccc(CCCN2CCN(C)CC2)cc1. The predicted octanol–water partition coefficient (Wildman–Crippen LogP) is 3.44. The molecule has 0 saturated carbocycles. The molecular weight excluding hydrogens is 272 g/mol. The third-order valence-corrected chi connectivity index (χ3v) is 4.48. The summed E-state index contributed by atoms with van der Waals surface area (Å²) in [6.45, 7) is 9.16. The minimum absolute atomic E-state index is 0.844. The van der Waals surface area contributed by atoms with E-state index in [1.165, 1.54) is 64.0 Å². The largest absolute Gasteiger partial charge is 0.494 e. The number of likely N-dealkylation sites (N-methyl/N-ethyl adjacent to an activating group) is 1. The molecule has 0 spiro atoms. The second kappa shape index (κ2) is 9.86. The van der Waals surface area contributed by atoms with Crippen molar-refractivity contribution in [1.82, 2.24) is 9.80 Å². The van der Waals surface area contributed by atoms with Gasteiger partial charge in [0.05, 0.1) is 6.61 Å². The van der Waals surface area contributed by atoms with Crippen LogP contribution in [0.1, 0.15) is 38.2 Å². The average molecular weight is 304 g/mol. The fraction of sp³-hybridized carbons (Fsp3) is 0.684. The van der Waals surface area contributed by atoms with Gasteiger partial charge in [-0.2, -0.15) is 0 Å². The van der Waals surface area contributed by atoms with Gasteiger partial charge in [-0.15, -0.1) is 0 Å². The maximum atomic E-state index is 5.76. The van der Waals surface area contributed by atoms with Crippen LogP contribution in [-0.2, 0) is 6.42 Å². The fourth-order valence-corrected chi connectivity index (χ4v) is 2.87. The molecule has 0 aromatic heterocycles. The lowest BCUT2D eigenvalue weighted by atomic mass is 10.1. The molecule has 22 heavy (non-hydrogen) atoms. The van der Waals surface area contributed by atoms with Gasteiger partial charge < -0.3 is 14.5 Å². The Hall–Kier alpha value is -1.06. The number of rotatable bonds is 9. The smallest absolute Gasteiger partial charge is 0.119 e. The van der Waals surface area contributed by atoms with E-state index in [4.69, 9.17) is 4.74 Å². The molecular formula is C19H32N2O. The van der Waals surface area contributed by atoms with Gasteiger partial charge in [0.1, 0.15) is 5.75 Å². The Kier molecular flexibility index (Phi) is 7.75. The summed E-state index contributed by atoms with van der Waals surface area (Å²) < 4.78 is 5.76. The van der Waals surface area contributed by atoms with Crippen LogP contribution in [0.15, 0.2) is 24.3 Å². The van der Waals surface area contributed by atoms with E-state index < -0.39 is 0 Å². The number of nitrogens with zero attached hydrogens (tertiary/aromatic N) is 2. The van der Waals surface area contributed by atoms with Crippen molar-refractivity contribution in [1.29, 1.82) is 0 Å². The summed E-state index contributed by atoms with van der Waals surface area (Å²) in [4.78, 5) is 5.00. The van der Waals surface area contributed by atoms with E-state index in [1.54, 1.807) is 0 Å². The molecule has 0 unspecified atom stereocenters. The summed E-state index contributed by atoms with van der Waals surface area (Å²) in [5.41, 5.74) is 1.43. The molecule has 0 amide bonds. The second-order valence-electron chi connectivity index (χ2n) is 6.45. The molecule has 2 rings (SSSR count). The Bertz CT molecular complexity index is 396. The number of ether oxygens (including phenoxy) is 1. The molecule has 124 valence electrons. The van der Waals surface area contributed by atoms with E-state index in [-0.39, 0.29) is 0 Å². The van der Waals surface area contributed by atoms with Crippen molar-refractivity contribution in [3.8, 4) is 5.75 Å². The standard InChI is InChI=1S/C19H32N2O/c1-3-4-5-17-22-19-10-8-18(9-11-19)7-6-12-21-15-13-20(2)14-16-21/h8-11H,3-7,12-17H2,1-2H3. The van der Waals surface area contributed by atoms with Gasteiger partial charge in [0.2, 0.25) is 0 Å². The van der Waals surface area contributed by atoms with E-state index >= 15 is 0 Å². The van der Waals surface area contributed by atoms with Gasteiger partial charge in [0, 0.05) is 26.2 Å². The second-order valence-corrected chi connectivity index (χ2v) is 6.45. The molecule has 0 aliphatic carbocycles. The van der Waals surface area contributed by atoms with Crippen LogP contribution in [0.25, 0.3) is 0 Å². The van der Waals surface area contributed by atoms with Crippen molar-refractivity contribution in [2.24, 2.45) is 0 Å². The van der Waals surface area contributed by atoms with Crippen molar-refractivity contribution < 1.29 is 4.74 Å². The van der Waals surface area contributed by atoms with E-state index in [0.717, 1.165) is 18.8 Å². The zero-order valence-electron chi connectivity index (χ0n) is 14.4. The minimum Gasteiger partial charge on any atom is -0.494 e. The molecule has 3 nitrogen and oxygen atoms in total. The summed E-state index contributed by atoms with van der Waals surface area (Å²) in [5.74, 6) is 1.01. The van der Waals surface area contributed by atoms with Crippen molar-refractivity contribution >= 4 is 0 Å². The Morgan fingerprint density at radius 2 is 1.68 bits per heavy atom. The lowest BCUT2D eigenvalue weighted by Crippen LogP contribution is -2.44. The van der Waals surface area contributed by atoms with Crippen LogP contribution < -0.4 is 4.74 Å². The van der Waals surface area contributed by atoms with E-state index in [0.29, 0.717) is 0 Å². The summed E-state index contributed by atoms with van der Waals surface area (Å²) in [7, 11) is 2.21. The summed E-state index contributed by atoms with van der Waals surface area (Å²) in [5, 5.41) is 0. The molecule has 1 aromatic carbocycles. The molecule has 1 saturated heterocycles. The highest BCUT2D eigenvalue weighted by Crippen LogP contribution is 2.14. The topological polar surface area (TPSA) is 15.7 Å². The first-order valence-electron chi connectivity index (χ1n) is 8.90. The van der Waals surface area contributed by atoms with Crippen molar-refractivity contribution in [3.05, 3.63) is 29.8 Å². The minimum atomic E-state index is 0.844. The van der Waals surface area contributed by atoms with Gasteiger partial charge in [-0.3, -0.25) is 0 Å². The van der Waals surface area contributed by atoms with Crippen LogP contribution in [0.4, 0.5) is 0 Å². The Morgan fingerprint density at radius 1 is 0.955 bits per heavy atom. The molecule has 0 atom stereocenters. The van der Waals surface area contributed by atoms with Crippen molar-refractivity contribution in [2.75, 3.05) is 46.4 Å². The molecule has 1 heterocycles. The van der Waals surface area contributed by atoms with E-state index in [1.807, 2.05) is 0 Å². The fourth-order valence-electron chi connectivity index (χ4n) is 2.87. The number of hydrogen-bond acceptors (Lipinski definition) is 3. The van der Waals surface area contributed by atoms with E-state index in [9.17, 15) is 0 Å². The Morgan fingerprint density at radius 3 is 2.36 bits per heavy atom. The lowest BCUT2D eigenvalue weighted by Gasteiger charge is -2.32. The third kappa shape index (κ3) is 6.37.